The zero-order valence-electron chi connectivity index (χ0n) is 11.8. The second kappa shape index (κ2) is 5.28. The molecule has 1 unspecified atom stereocenters. The Labute approximate surface area is 128 Å². The van der Waals surface area contributed by atoms with Gasteiger partial charge in [0.1, 0.15) is 5.15 Å². The highest BCUT2D eigenvalue weighted by Gasteiger charge is 2.32. The number of β-amino-alcohol motifs (C(OH)–C–C–N with tert-alkyl or cyclic N) is 1. The van der Waals surface area contributed by atoms with Crippen LogP contribution < -0.4 is 0 Å². The van der Waals surface area contributed by atoms with Crippen LogP contribution in [0.2, 0.25) is 5.15 Å². The van der Waals surface area contributed by atoms with Crippen molar-refractivity contribution in [2.75, 3.05) is 13.1 Å². The van der Waals surface area contributed by atoms with E-state index in [1.807, 2.05) is 24.3 Å². The summed E-state index contributed by atoms with van der Waals surface area (Å²) in [5.74, 6) is -0.101. The lowest BCUT2D eigenvalue weighted by Crippen LogP contribution is -2.48. The fourth-order valence-electron chi connectivity index (χ4n) is 2.88. The van der Waals surface area contributed by atoms with Crippen LogP contribution >= 0.6 is 11.6 Å². The molecule has 1 fully saturated rings. The van der Waals surface area contributed by atoms with Gasteiger partial charge in [0.25, 0.3) is 5.91 Å². The van der Waals surface area contributed by atoms with E-state index >= 15 is 0 Å². The van der Waals surface area contributed by atoms with E-state index in [1.165, 1.54) is 0 Å². The number of fused-ring (bicyclic) bond motifs is 1. The van der Waals surface area contributed by atoms with Crippen molar-refractivity contribution in [2.24, 2.45) is 0 Å². The van der Waals surface area contributed by atoms with Crippen molar-refractivity contribution in [3.63, 3.8) is 0 Å². The molecular weight excluding hydrogens is 288 g/mol. The van der Waals surface area contributed by atoms with Crippen LogP contribution in [0.1, 0.15) is 30.1 Å². The van der Waals surface area contributed by atoms with Gasteiger partial charge < -0.3 is 10.0 Å². The highest BCUT2D eigenvalue weighted by Crippen LogP contribution is 2.26. The van der Waals surface area contributed by atoms with Crippen LogP contribution in [0.15, 0.2) is 30.3 Å². The van der Waals surface area contributed by atoms with Gasteiger partial charge in [0.15, 0.2) is 0 Å². The summed E-state index contributed by atoms with van der Waals surface area (Å²) < 4.78 is 0. The molecule has 0 aliphatic carbocycles. The quantitative estimate of drug-likeness (QED) is 0.824. The minimum absolute atomic E-state index is 0.101. The summed E-state index contributed by atoms with van der Waals surface area (Å²) in [6.45, 7) is 2.77. The first-order chi connectivity index (χ1) is 9.96. The number of halogens is 1. The van der Waals surface area contributed by atoms with E-state index in [0.29, 0.717) is 35.7 Å². The van der Waals surface area contributed by atoms with Gasteiger partial charge in [-0.05, 0) is 31.9 Å². The van der Waals surface area contributed by atoms with Crippen LogP contribution in [0, 0.1) is 0 Å². The van der Waals surface area contributed by atoms with Gasteiger partial charge in [0.05, 0.1) is 16.7 Å². The van der Waals surface area contributed by atoms with Crippen LogP contribution in [0.4, 0.5) is 0 Å². The second-order valence-electron chi connectivity index (χ2n) is 5.84. The molecule has 2 aromatic rings. The molecule has 0 saturated carbocycles. The number of benzene rings is 1. The summed E-state index contributed by atoms with van der Waals surface area (Å²) in [4.78, 5) is 18.7. The zero-order chi connectivity index (χ0) is 15.0. The number of para-hydroxylation sites is 1. The summed E-state index contributed by atoms with van der Waals surface area (Å²) >= 11 is 6.03. The van der Waals surface area contributed by atoms with Crippen LogP contribution in [-0.2, 0) is 0 Å². The summed E-state index contributed by atoms with van der Waals surface area (Å²) in [6, 6.07) is 9.06. The summed E-state index contributed by atoms with van der Waals surface area (Å²) in [7, 11) is 0. The largest absolute Gasteiger partial charge is 0.388 e. The summed E-state index contributed by atoms with van der Waals surface area (Å²) in [5, 5.41) is 11.3. The SMILES string of the molecule is CC1(O)CCCN(C(=O)c2cc(Cl)nc3ccccc23)C1. The van der Waals surface area contributed by atoms with Gasteiger partial charge in [-0.2, -0.15) is 0 Å². The molecule has 1 aromatic carbocycles. The maximum atomic E-state index is 12.8. The van der Waals surface area contributed by atoms with Crippen molar-refractivity contribution in [1.82, 2.24) is 9.88 Å². The zero-order valence-corrected chi connectivity index (χ0v) is 12.6. The lowest BCUT2D eigenvalue weighted by molar-refractivity contribution is -0.0106. The summed E-state index contributed by atoms with van der Waals surface area (Å²) in [6.07, 6.45) is 1.52. The number of carbonyl (C=O) groups is 1. The smallest absolute Gasteiger partial charge is 0.254 e. The first-order valence-corrected chi connectivity index (χ1v) is 7.41. The molecule has 1 saturated heterocycles. The highest BCUT2D eigenvalue weighted by molar-refractivity contribution is 6.30. The number of pyridine rings is 1. The van der Waals surface area contributed by atoms with Crippen LogP contribution in [-0.4, -0.2) is 39.6 Å². The molecule has 1 N–H and O–H groups in total. The lowest BCUT2D eigenvalue weighted by Gasteiger charge is -2.37. The molecule has 3 rings (SSSR count). The number of likely N-dealkylation sites (tertiary alicyclic amines) is 1. The summed E-state index contributed by atoms with van der Waals surface area (Å²) in [5.41, 5.74) is 0.431. The number of piperidine rings is 1. The number of nitrogens with zero attached hydrogens (tertiary/aromatic N) is 2. The predicted molar refractivity (Wildman–Crippen MR) is 82.5 cm³/mol. The van der Waals surface area contributed by atoms with E-state index in [-0.39, 0.29) is 5.91 Å². The van der Waals surface area contributed by atoms with E-state index in [9.17, 15) is 9.90 Å². The molecule has 1 amide bonds. The van der Waals surface area contributed by atoms with Gasteiger partial charge >= 0.3 is 0 Å². The molecular formula is C16H17ClN2O2. The molecule has 1 aromatic heterocycles. The number of carbonyl (C=O) groups excluding carboxylic acids is 1. The average Bonchev–Trinajstić information content (AvgIpc) is 2.44. The Morgan fingerprint density at radius 3 is 2.95 bits per heavy atom. The van der Waals surface area contributed by atoms with E-state index in [0.717, 1.165) is 11.8 Å². The molecule has 0 bridgehead atoms. The fourth-order valence-corrected chi connectivity index (χ4v) is 3.08. The maximum absolute atomic E-state index is 12.8. The van der Waals surface area contributed by atoms with Crippen molar-refractivity contribution >= 4 is 28.4 Å². The van der Waals surface area contributed by atoms with Gasteiger partial charge in [-0.25, -0.2) is 4.98 Å². The molecule has 1 aliphatic heterocycles. The minimum Gasteiger partial charge on any atom is -0.388 e. The third-order valence-electron chi connectivity index (χ3n) is 3.88. The van der Waals surface area contributed by atoms with Gasteiger partial charge in [-0.3, -0.25) is 4.79 Å². The number of hydrogen-bond acceptors (Lipinski definition) is 3. The van der Waals surface area contributed by atoms with Crippen LogP contribution in [0.25, 0.3) is 10.9 Å². The lowest BCUT2D eigenvalue weighted by atomic mass is 9.94. The normalized spacial score (nSPS) is 22.5. The van der Waals surface area contributed by atoms with Crippen molar-refractivity contribution in [3.8, 4) is 0 Å². The number of hydrogen-bond donors (Lipinski definition) is 1. The third-order valence-corrected chi connectivity index (χ3v) is 4.07. The van der Waals surface area contributed by atoms with E-state index in [4.69, 9.17) is 11.6 Å². The average molecular weight is 305 g/mol. The minimum atomic E-state index is -0.819. The number of rotatable bonds is 1. The van der Waals surface area contributed by atoms with E-state index in [2.05, 4.69) is 4.98 Å². The Kier molecular flexibility index (Phi) is 3.59. The van der Waals surface area contributed by atoms with Gasteiger partial charge in [0.2, 0.25) is 0 Å². The molecule has 5 heteroatoms. The molecule has 0 spiro atoms. The predicted octanol–water partition coefficient (Wildman–Crippen LogP) is 2.88. The van der Waals surface area contributed by atoms with E-state index < -0.39 is 5.60 Å². The topological polar surface area (TPSA) is 53.4 Å². The number of aliphatic hydroxyl groups is 1. The van der Waals surface area contributed by atoms with Crippen molar-refractivity contribution in [2.45, 2.75) is 25.4 Å². The molecule has 2 heterocycles. The van der Waals surface area contributed by atoms with Crippen LogP contribution in [0.3, 0.4) is 0 Å². The Hall–Kier alpha value is -1.65. The van der Waals surface area contributed by atoms with Crippen molar-refractivity contribution in [3.05, 3.63) is 41.0 Å². The Morgan fingerprint density at radius 1 is 1.43 bits per heavy atom. The molecule has 4 nitrogen and oxygen atoms in total. The first-order valence-electron chi connectivity index (χ1n) is 7.03. The molecule has 110 valence electrons. The fraction of sp³-hybridized carbons (Fsp3) is 0.375. The Balaban J connectivity index is 2.02. The highest BCUT2D eigenvalue weighted by atomic mass is 35.5. The molecule has 1 atom stereocenters. The van der Waals surface area contributed by atoms with Crippen LogP contribution in [0.5, 0.6) is 0 Å². The standard InChI is InChI=1S/C16H17ClN2O2/c1-16(21)7-4-8-19(10-16)15(20)12-9-14(17)18-13-6-3-2-5-11(12)13/h2-3,5-6,9,21H,4,7-8,10H2,1H3. The molecule has 1 aliphatic rings. The van der Waals surface area contributed by atoms with E-state index in [1.54, 1.807) is 17.9 Å². The van der Waals surface area contributed by atoms with Gasteiger partial charge in [-0.15, -0.1) is 0 Å². The Bertz CT molecular complexity index is 700. The Morgan fingerprint density at radius 2 is 2.19 bits per heavy atom. The second-order valence-corrected chi connectivity index (χ2v) is 6.22. The first kappa shape index (κ1) is 14.3. The number of amides is 1. The van der Waals surface area contributed by atoms with Crippen molar-refractivity contribution < 1.29 is 9.90 Å². The van der Waals surface area contributed by atoms with Gasteiger partial charge in [0, 0.05) is 18.5 Å². The van der Waals surface area contributed by atoms with Crippen molar-refractivity contribution in [1.29, 1.82) is 0 Å². The van der Waals surface area contributed by atoms with Gasteiger partial charge in [-0.1, -0.05) is 29.8 Å². The molecule has 21 heavy (non-hydrogen) atoms. The monoisotopic (exact) mass is 304 g/mol. The molecule has 0 radical (unpaired) electrons. The maximum Gasteiger partial charge on any atom is 0.254 e. The third kappa shape index (κ3) is 2.87. The number of aromatic nitrogens is 1.